The molecule has 0 amide bonds. The molecule has 0 saturated heterocycles. The summed E-state index contributed by atoms with van der Waals surface area (Å²) in [5.74, 6) is 0. The largest absolute Gasteiger partial charge is 0.373 e. The molecule has 0 aliphatic heterocycles. The van der Waals surface area contributed by atoms with Gasteiger partial charge in [0.2, 0.25) is 0 Å². The summed E-state index contributed by atoms with van der Waals surface area (Å²) in [6.07, 6.45) is 3.48. The lowest BCUT2D eigenvalue weighted by Gasteiger charge is -2.21. The van der Waals surface area contributed by atoms with Crippen LogP contribution in [0, 0.1) is 13.8 Å². The Balaban J connectivity index is 1.96. The fraction of sp³-hybridized carbons (Fsp3) is 0.333. The van der Waals surface area contributed by atoms with Crippen molar-refractivity contribution < 1.29 is 13.2 Å². The molecule has 0 radical (unpaired) electrons. The predicted molar refractivity (Wildman–Crippen MR) is 102 cm³/mol. The topological polar surface area (TPSA) is 43.4 Å². The number of hydrogen-bond donors (Lipinski definition) is 0. The Morgan fingerprint density at radius 1 is 0.920 bits per heavy atom. The van der Waals surface area contributed by atoms with Gasteiger partial charge in [-0.25, -0.2) is 8.42 Å². The first kappa shape index (κ1) is 19.4. The fourth-order valence-electron chi connectivity index (χ4n) is 2.37. The van der Waals surface area contributed by atoms with Gasteiger partial charge < -0.3 is 4.74 Å². The van der Waals surface area contributed by atoms with Crippen molar-refractivity contribution in [1.82, 2.24) is 0 Å². The minimum absolute atomic E-state index is 0.341. The molecule has 0 saturated carbocycles. The maximum absolute atomic E-state index is 12.8. The van der Waals surface area contributed by atoms with Crippen molar-refractivity contribution >= 4 is 9.84 Å². The molecule has 0 N–H and O–H groups in total. The van der Waals surface area contributed by atoms with Crippen LogP contribution in [-0.2, 0) is 21.2 Å². The SMILES string of the molecule is Cc1ccc(COC/C=C/C(C)(C)S(=O)(=O)c2ccc(C)cc2)cc1. The molecular weight excluding hydrogens is 332 g/mol. The summed E-state index contributed by atoms with van der Waals surface area (Å²) in [5, 5.41) is 0. The molecule has 4 heteroatoms. The van der Waals surface area contributed by atoms with Gasteiger partial charge in [0.15, 0.2) is 9.84 Å². The molecular formula is C21H26O3S. The van der Waals surface area contributed by atoms with E-state index in [1.807, 2.05) is 50.2 Å². The van der Waals surface area contributed by atoms with Crippen LogP contribution in [0.1, 0.15) is 30.5 Å². The third-order valence-electron chi connectivity index (χ3n) is 4.15. The van der Waals surface area contributed by atoms with E-state index in [2.05, 4.69) is 0 Å². The Bertz CT molecular complexity index is 814. The molecule has 0 bridgehead atoms. The summed E-state index contributed by atoms with van der Waals surface area (Å²) in [4.78, 5) is 0.341. The van der Waals surface area contributed by atoms with E-state index in [0.717, 1.165) is 11.1 Å². The van der Waals surface area contributed by atoms with Gasteiger partial charge in [-0.2, -0.15) is 0 Å². The number of benzene rings is 2. The summed E-state index contributed by atoms with van der Waals surface area (Å²) < 4.78 is 30.2. The van der Waals surface area contributed by atoms with Gasteiger partial charge in [0.25, 0.3) is 0 Å². The summed E-state index contributed by atoms with van der Waals surface area (Å²) in [5.41, 5.74) is 3.36. The van der Waals surface area contributed by atoms with Gasteiger partial charge in [-0.15, -0.1) is 0 Å². The predicted octanol–water partition coefficient (Wildman–Crippen LogP) is 4.63. The minimum Gasteiger partial charge on any atom is -0.373 e. The molecule has 0 aromatic heterocycles. The van der Waals surface area contributed by atoms with E-state index in [1.54, 1.807) is 38.1 Å². The maximum Gasteiger partial charge on any atom is 0.187 e. The second kappa shape index (κ2) is 7.98. The lowest BCUT2D eigenvalue weighted by atomic mass is 10.2. The normalized spacial score (nSPS) is 12.6. The Kier molecular flexibility index (Phi) is 6.20. The molecule has 0 heterocycles. The Labute approximate surface area is 151 Å². The molecule has 2 aromatic carbocycles. The van der Waals surface area contributed by atoms with Crippen molar-refractivity contribution in [2.24, 2.45) is 0 Å². The Hall–Kier alpha value is -1.91. The lowest BCUT2D eigenvalue weighted by Crippen LogP contribution is -2.29. The molecule has 2 aromatic rings. The van der Waals surface area contributed by atoms with E-state index >= 15 is 0 Å². The van der Waals surface area contributed by atoms with E-state index in [9.17, 15) is 8.42 Å². The molecule has 0 aliphatic carbocycles. The molecule has 0 aliphatic rings. The first-order valence-electron chi connectivity index (χ1n) is 8.35. The van der Waals surface area contributed by atoms with E-state index in [-0.39, 0.29) is 0 Å². The molecule has 0 atom stereocenters. The van der Waals surface area contributed by atoms with Gasteiger partial charge in [0.1, 0.15) is 0 Å². The van der Waals surface area contributed by atoms with E-state index in [0.29, 0.717) is 18.1 Å². The monoisotopic (exact) mass is 358 g/mol. The lowest BCUT2D eigenvalue weighted by molar-refractivity contribution is 0.148. The smallest absolute Gasteiger partial charge is 0.187 e. The second-order valence-electron chi connectivity index (χ2n) is 6.82. The van der Waals surface area contributed by atoms with Gasteiger partial charge in [-0.3, -0.25) is 0 Å². The molecule has 2 rings (SSSR count). The Morgan fingerprint density at radius 2 is 1.44 bits per heavy atom. The van der Waals surface area contributed by atoms with Crippen molar-refractivity contribution in [3.63, 3.8) is 0 Å². The third kappa shape index (κ3) is 5.03. The highest BCUT2D eigenvalue weighted by molar-refractivity contribution is 7.93. The second-order valence-corrected chi connectivity index (χ2v) is 9.35. The summed E-state index contributed by atoms with van der Waals surface area (Å²) in [7, 11) is -3.44. The van der Waals surface area contributed by atoms with Crippen molar-refractivity contribution in [2.75, 3.05) is 6.61 Å². The number of aryl methyl sites for hydroxylation is 2. The van der Waals surface area contributed by atoms with E-state index < -0.39 is 14.6 Å². The van der Waals surface area contributed by atoms with Gasteiger partial charge in [0.05, 0.1) is 22.9 Å². The maximum atomic E-state index is 12.8. The molecule has 0 unspecified atom stereocenters. The third-order valence-corrected chi connectivity index (χ3v) is 6.56. The molecule has 25 heavy (non-hydrogen) atoms. The van der Waals surface area contributed by atoms with Crippen LogP contribution in [-0.4, -0.2) is 19.8 Å². The van der Waals surface area contributed by atoms with Gasteiger partial charge in [-0.1, -0.05) is 59.7 Å². The quantitative estimate of drug-likeness (QED) is 0.535. The fourth-order valence-corrected chi connectivity index (χ4v) is 3.75. The highest BCUT2D eigenvalue weighted by Gasteiger charge is 2.33. The summed E-state index contributed by atoms with van der Waals surface area (Å²) in [6, 6.07) is 15.1. The summed E-state index contributed by atoms with van der Waals surface area (Å²) in [6.45, 7) is 8.28. The molecule has 0 fully saturated rings. The Morgan fingerprint density at radius 3 is 2.00 bits per heavy atom. The van der Waals surface area contributed by atoms with Crippen LogP contribution in [0.2, 0.25) is 0 Å². The van der Waals surface area contributed by atoms with Crippen LogP contribution >= 0.6 is 0 Å². The standard InChI is InChI=1S/C21H26O3S/c1-17-6-10-19(11-7-17)16-24-15-5-14-21(3,4)25(22,23)20-12-8-18(2)9-13-20/h5-14H,15-16H2,1-4H3/b14-5+. The van der Waals surface area contributed by atoms with Crippen LogP contribution in [0.3, 0.4) is 0 Å². The zero-order valence-electron chi connectivity index (χ0n) is 15.3. The highest BCUT2D eigenvalue weighted by Crippen LogP contribution is 2.26. The van der Waals surface area contributed by atoms with Crippen molar-refractivity contribution in [2.45, 2.75) is 43.9 Å². The molecule has 134 valence electrons. The zero-order chi connectivity index (χ0) is 18.5. The summed E-state index contributed by atoms with van der Waals surface area (Å²) >= 11 is 0. The number of hydrogen-bond acceptors (Lipinski definition) is 3. The highest BCUT2D eigenvalue weighted by atomic mass is 32.2. The van der Waals surface area contributed by atoms with Crippen molar-refractivity contribution in [3.8, 4) is 0 Å². The van der Waals surface area contributed by atoms with Gasteiger partial charge >= 0.3 is 0 Å². The average molecular weight is 359 g/mol. The first-order chi connectivity index (χ1) is 11.7. The zero-order valence-corrected chi connectivity index (χ0v) is 16.1. The van der Waals surface area contributed by atoms with Crippen LogP contribution in [0.5, 0.6) is 0 Å². The number of sulfone groups is 1. The minimum atomic E-state index is -3.44. The van der Waals surface area contributed by atoms with Crippen molar-refractivity contribution in [1.29, 1.82) is 0 Å². The van der Waals surface area contributed by atoms with Gasteiger partial charge in [-0.05, 0) is 45.4 Å². The van der Waals surface area contributed by atoms with Gasteiger partial charge in [0, 0.05) is 0 Å². The number of ether oxygens (including phenoxy) is 1. The molecule has 0 spiro atoms. The molecule has 3 nitrogen and oxygen atoms in total. The van der Waals surface area contributed by atoms with E-state index in [1.165, 1.54) is 5.56 Å². The van der Waals surface area contributed by atoms with Crippen LogP contribution < -0.4 is 0 Å². The van der Waals surface area contributed by atoms with E-state index in [4.69, 9.17) is 4.74 Å². The van der Waals surface area contributed by atoms with Crippen LogP contribution in [0.15, 0.2) is 65.6 Å². The van der Waals surface area contributed by atoms with Crippen molar-refractivity contribution in [3.05, 3.63) is 77.4 Å². The number of rotatable bonds is 7. The first-order valence-corrected chi connectivity index (χ1v) is 9.83. The van der Waals surface area contributed by atoms with Crippen LogP contribution in [0.25, 0.3) is 0 Å². The van der Waals surface area contributed by atoms with Crippen LogP contribution in [0.4, 0.5) is 0 Å². The average Bonchev–Trinajstić information content (AvgIpc) is 2.56.